The molecule has 0 aromatic heterocycles. The summed E-state index contributed by atoms with van der Waals surface area (Å²) in [6.07, 6.45) is 3.53. The summed E-state index contributed by atoms with van der Waals surface area (Å²) in [6, 6.07) is 4.35. The van der Waals surface area contributed by atoms with Crippen molar-refractivity contribution in [2.45, 2.75) is 52.6 Å². The fraction of sp³-hybridized carbons (Fsp3) is 0.667. The zero-order valence-electron chi connectivity index (χ0n) is 16.5. The second-order valence-corrected chi connectivity index (χ2v) is 8.05. The molecule has 1 aromatic carbocycles. The van der Waals surface area contributed by atoms with E-state index in [-0.39, 0.29) is 5.91 Å². The van der Waals surface area contributed by atoms with Gasteiger partial charge in [-0.15, -0.1) is 0 Å². The number of aryl methyl sites for hydroxylation is 2. The minimum absolute atomic E-state index is 0.289. The first-order valence-electron chi connectivity index (χ1n) is 9.97. The molecule has 2 saturated heterocycles. The molecular formula is C21H33N3O2. The van der Waals surface area contributed by atoms with Crippen LogP contribution < -0.4 is 0 Å². The molecule has 1 aromatic rings. The number of phenols is 1. The van der Waals surface area contributed by atoms with Crippen molar-refractivity contribution in [1.82, 2.24) is 14.7 Å². The van der Waals surface area contributed by atoms with Crippen LogP contribution in [0.5, 0.6) is 5.75 Å². The van der Waals surface area contributed by atoms with Crippen LogP contribution in [0.15, 0.2) is 12.1 Å². The van der Waals surface area contributed by atoms with Crippen LogP contribution in [0.3, 0.4) is 0 Å². The second-order valence-electron chi connectivity index (χ2n) is 8.05. The normalized spacial score (nSPS) is 22.6. The van der Waals surface area contributed by atoms with Gasteiger partial charge in [0.15, 0.2) is 0 Å². The molecule has 1 amide bonds. The van der Waals surface area contributed by atoms with Gasteiger partial charge in [0.2, 0.25) is 5.91 Å². The van der Waals surface area contributed by atoms with E-state index in [9.17, 15) is 9.90 Å². The van der Waals surface area contributed by atoms with Gasteiger partial charge < -0.3 is 10.0 Å². The molecule has 3 rings (SSSR count). The van der Waals surface area contributed by atoms with Crippen LogP contribution in [0.25, 0.3) is 0 Å². The Morgan fingerprint density at radius 2 is 1.69 bits per heavy atom. The number of nitrogens with zero attached hydrogens (tertiary/aromatic N) is 3. The van der Waals surface area contributed by atoms with Crippen molar-refractivity contribution in [3.63, 3.8) is 0 Å². The molecule has 144 valence electrons. The molecule has 1 atom stereocenters. The highest BCUT2D eigenvalue weighted by Crippen LogP contribution is 2.24. The maximum Gasteiger partial charge on any atom is 0.236 e. The van der Waals surface area contributed by atoms with Crippen LogP contribution in [0, 0.1) is 13.8 Å². The molecule has 2 aliphatic rings. The zero-order valence-corrected chi connectivity index (χ0v) is 16.5. The Labute approximate surface area is 157 Å². The smallest absolute Gasteiger partial charge is 0.236 e. The van der Waals surface area contributed by atoms with Gasteiger partial charge in [-0.05, 0) is 57.2 Å². The van der Waals surface area contributed by atoms with Crippen LogP contribution >= 0.6 is 0 Å². The number of hydrogen-bond donors (Lipinski definition) is 1. The summed E-state index contributed by atoms with van der Waals surface area (Å²) in [7, 11) is 0. The molecule has 0 spiro atoms. The minimum atomic E-state index is 0.289. The molecular weight excluding hydrogens is 326 g/mol. The summed E-state index contributed by atoms with van der Waals surface area (Å²) < 4.78 is 0. The van der Waals surface area contributed by atoms with Crippen LogP contribution in [-0.2, 0) is 11.3 Å². The predicted molar refractivity (Wildman–Crippen MR) is 104 cm³/mol. The topological polar surface area (TPSA) is 47.0 Å². The quantitative estimate of drug-likeness (QED) is 0.897. The molecule has 2 aliphatic heterocycles. The van der Waals surface area contributed by atoms with E-state index in [4.69, 9.17) is 0 Å². The van der Waals surface area contributed by atoms with Gasteiger partial charge in [-0.3, -0.25) is 14.6 Å². The number of aromatic hydroxyl groups is 1. The van der Waals surface area contributed by atoms with Gasteiger partial charge in [-0.2, -0.15) is 0 Å². The van der Waals surface area contributed by atoms with Crippen molar-refractivity contribution in [1.29, 1.82) is 0 Å². The summed E-state index contributed by atoms with van der Waals surface area (Å²) >= 11 is 0. The SMILES string of the molecule is Cc1cc(O)c(CN2CCN(CC(=O)N3CCCCC3C)CC2)cc1C. The fourth-order valence-corrected chi connectivity index (χ4v) is 4.08. The standard InChI is InChI=1S/C21H33N3O2/c1-16-12-19(20(25)13-17(16)2)14-22-8-10-23(11-9-22)15-21(26)24-7-5-4-6-18(24)3/h12-13,18,25H,4-11,14-15H2,1-3H3. The zero-order chi connectivity index (χ0) is 18.7. The van der Waals surface area contributed by atoms with Gasteiger partial charge in [-0.1, -0.05) is 6.07 Å². The largest absolute Gasteiger partial charge is 0.508 e. The van der Waals surface area contributed by atoms with E-state index in [2.05, 4.69) is 34.6 Å². The average Bonchev–Trinajstić information content (AvgIpc) is 2.61. The van der Waals surface area contributed by atoms with Gasteiger partial charge >= 0.3 is 0 Å². The van der Waals surface area contributed by atoms with Crippen molar-refractivity contribution < 1.29 is 9.90 Å². The van der Waals surface area contributed by atoms with Crippen LogP contribution in [0.2, 0.25) is 0 Å². The number of piperazine rings is 1. The molecule has 1 N–H and O–H groups in total. The van der Waals surface area contributed by atoms with Gasteiger partial charge in [0, 0.05) is 50.9 Å². The summed E-state index contributed by atoms with van der Waals surface area (Å²) in [5.74, 6) is 0.683. The monoisotopic (exact) mass is 359 g/mol. The lowest BCUT2D eigenvalue weighted by Gasteiger charge is -2.38. The molecule has 5 heteroatoms. The highest BCUT2D eigenvalue weighted by atomic mass is 16.3. The van der Waals surface area contributed by atoms with Crippen molar-refractivity contribution in [2.24, 2.45) is 0 Å². The van der Waals surface area contributed by atoms with Crippen LogP contribution in [0.1, 0.15) is 42.9 Å². The summed E-state index contributed by atoms with van der Waals surface area (Å²) in [5.41, 5.74) is 3.35. The Balaban J connectivity index is 1.48. The third-order valence-corrected chi connectivity index (χ3v) is 6.04. The molecule has 0 bridgehead atoms. The Hall–Kier alpha value is -1.59. The predicted octanol–water partition coefficient (Wildman–Crippen LogP) is 2.53. The van der Waals surface area contributed by atoms with Gasteiger partial charge in [0.1, 0.15) is 5.75 Å². The Bertz CT molecular complexity index is 638. The number of carbonyl (C=O) groups is 1. The third kappa shape index (κ3) is 4.57. The molecule has 0 saturated carbocycles. The maximum atomic E-state index is 12.6. The first-order valence-corrected chi connectivity index (χ1v) is 9.97. The first-order chi connectivity index (χ1) is 12.4. The molecule has 1 unspecified atom stereocenters. The number of rotatable bonds is 4. The maximum absolute atomic E-state index is 12.6. The summed E-state index contributed by atoms with van der Waals surface area (Å²) in [6.45, 7) is 12.2. The van der Waals surface area contributed by atoms with E-state index < -0.39 is 0 Å². The Morgan fingerprint density at radius 1 is 1.04 bits per heavy atom. The lowest BCUT2D eigenvalue weighted by atomic mass is 10.0. The lowest BCUT2D eigenvalue weighted by Crippen LogP contribution is -2.51. The molecule has 26 heavy (non-hydrogen) atoms. The van der Waals surface area contributed by atoms with Crippen molar-refractivity contribution in [3.05, 3.63) is 28.8 Å². The number of likely N-dealkylation sites (tertiary alicyclic amines) is 1. The molecule has 2 fully saturated rings. The molecule has 5 nitrogen and oxygen atoms in total. The van der Waals surface area contributed by atoms with Gasteiger partial charge in [0.25, 0.3) is 0 Å². The number of phenolic OH excluding ortho intramolecular Hbond substituents is 1. The van der Waals surface area contributed by atoms with Crippen molar-refractivity contribution >= 4 is 5.91 Å². The molecule has 2 heterocycles. The lowest BCUT2D eigenvalue weighted by molar-refractivity contribution is -0.136. The minimum Gasteiger partial charge on any atom is -0.508 e. The van der Waals surface area contributed by atoms with Crippen molar-refractivity contribution in [3.8, 4) is 5.75 Å². The van der Waals surface area contributed by atoms with Crippen LogP contribution in [0.4, 0.5) is 0 Å². The highest BCUT2D eigenvalue weighted by Gasteiger charge is 2.26. The van der Waals surface area contributed by atoms with Crippen LogP contribution in [-0.4, -0.2) is 71.0 Å². The van der Waals surface area contributed by atoms with E-state index in [1.807, 2.05) is 13.0 Å². The van der Waals surface area contributed by atoms with Gasteiger partial charge in [0.05, 0.1) is 6.54 Å². The average molecular weight is 360 g/mol. The highest BCUT2D eigenvalue weighted by molar-refractivity contribution is 5.78. The second kappa shape index (κ2) is 8.40. The fourth-order valence-electron chi connectivity index (χ4n) is 4.08. The first kappa shape index (κ1) is 19.2. The van der Waals surface area contributed by atoms with Gasteiger partial charge in [-0.25, -0.2) is 0 Å². The number of amides is 1. The van der Waals surface area contributed by atoms with E-state index in [0.29, 0.717) is 18.3 Å². The number of hydrogen-bond acceptors (Lipinski definition) is 4. The Morgan fingerprint density at radius 3 is 2.38 bits per heavy atom. The van der Waals surface area contributed by atoms with E-state index in [1.54, 1.807) is 0 Å². The third-order valence-electron chi connectivity index (χ3n) is 6.04. The summed E-state index contributed by atoms with van der Waals surface area (Å²) in [5, 5.41) is 10.2. The summed E-state index contributed by atoms with van der Waals surface area (Å²) in [4.78, 5) is 19.3. The van der Waals surface area contributed by atoms with E-state index in [1.165, 1.54) is 12.0 Å². The molecule has 0 radical (unpaired) electrons. The van der Waals surface area contributed by atoms with E-state index >= 15 is 0 Å². The van der Waals surface area contributed by atoms with Crippen molar-refractivity contribution in [2.75, 3.05) is 39.3 Å². The molecule has 0 aliphatic carbocycles. The number of carbonyl (C=O) groups excluding carboxylic acids is 1. The van der Waals surface area contributed by atoms with E-state index in [0.717, 1.165) is 63.2 Å². The Kier molecular flexibility index (Phi) is 6.20. The number of benzene rings is 1. The number of piperidine rings is 1.